The van der Waals surface area contributed by atoms with Gasteiger partial charge >= 0.3 is 0 Å². The van der Waals surface area contributed by atoms with Crippen LogP contribution < -0.4 is 25.3 Å². The molecule has 0 atom stereocenters. The number of rotatable bonds is 9. The van der Waals surface area contributed by atoms with Crippen LogP contribution in [0.4, 0.5) is 0 Å². The third kappa shape index (κ3) is 5.88. The molecule has 4 rings (SSSR count). The van der Waals surface area contributed by atoms with Gasteiger partial charge in [0, 0.05) is 6.04 Å². The Morgan fingerprint density at radius 1 is 1.17 bits per heavy atom. The number of para-hydroxylation sites is 1. The van der Waals surface area contributed by atoms with Gasteiger partial charge in [0.2, 0.25) is 0 Å². The average molecular weight is 497 g/mol. The standard InChI is InChI=1S/C26H32N4O6/c1-26(2,33)15-35-18-11-12-21-20(13-28-30(21)14-18)25(32)29-16-7-9-17(10-8-16)36-23-19(24(27)31)5-4-6-22(23)34-3/h4-6,11-14,16-17,33H,7-10,15H2,1-3H3,(H2,27,31)(H,29,32). The fourth-order valence-electron chi connectivity index (χ4n) is 4.23. The Balaban J connectivity index is 1.35. The van der Waals surface area contributed by atoms with E-state index in [1.54, 1.807) is 54.9 Å². The SMILES string of the molecule is COc1cccc(C(N)=O)c1OC1CCC(NC(=O)c2cnn3cc(OCC(C)(C)O)ccc23)CC1. The summed E-state index contributed by atoms with van der Waals surface area (Å²) in [5, 5.41) is 17.2. The first-order valence-corrected chi connectivity index (χ1v) is 11.9. The Hall–Kier alpha value is -3.79. The number of fused-ring (bicyclic) bond motifs is 1. The molecule has 1 fully saturated rings. The van der Waals surface area contributed by atoms with Crippen molar-refractivity contribution in [3.63, 3.8) is 0 Å². The normalized spacial score (nSPS) is 18.0. The summed E-state index contributed by atoms with van der Waals surface area (Å²) in [5.41, 5.74) is 5.97. The molecule has 0 spiro atoms. The summed E-state index contributed by atoms with van der Waals surface area (Å²) in [6.07, 6.45) is 5.96. The lowest BCUT2D eigenvalue weighted by Gasteiger charge is -2.30. The van der Waals surface area contributed by atoms with Crippen LogP contribution in [0, 0.1) is 0 Å². The number of pyridine rings is 1. The van der Waals surface area contributed by atoms with Crippen LogP contribution >= 0.6 is 0 Å². The van der Waals surface area contributed by atoms with Gasteiger partial charge in [-0.2, -0.15) is 5.10 Å². The zero-order chi connectivity index (χ0) is 25.9. The number of methoxy groups -OCH3 is 1. The maximum absolute atomic E-state index is 13.0. The van der Waals surface area contributed by atoms with E-state index in [1.165, 1.54) is 13.3 Å². The minimum atomic E-state index is -0.953. The number of nitrogens with two attached hydrogens (primary N) is 1. The number of amides is 2. The smallest absolute Gasteiger partial charge is 0.255 e. The molecule has 3 aromatic rings. The van der Waals surface area contributed by atoms with Crippen molar-refractivity contribution in [3.05, 3.63) is 53.9 Å². The monoisotopic (exact) mass is 496 g/mol. The molecule has 1 saturated carbocycles. The highest BCUT2D eigenvalue weighted by Gasteiger charge is 2.27. The zero-order valence-electron chi connectivity index (χ0n) is 20.7. The molecule has 10 nitrogen and oxygen atoms in total. The van der Waals surface area contributed by atoms with E-state index in [2.05, 4.69) is 10.4 Å². The summed E-state index contributed by atoms with van der Waals surface area (Å²) in [6.45, 7) is 3.47. The van der Waals surface area contributed by atoms with Crippen molar-refractivity contribution in [2.45, 2.75) is 57.3 Å². The lowest BCUT2D eigenvalue weighted by Crippen LogP contribution is -2.39. The molecule has 1 aliphatic rings. The van der Waals surface area contributed by atoms with Crippen LogP contribution in [-0.2, 0) is 0 Å². The van der Waals surface area contributed by atoms with Gasteiger partial charge in [-0.3, -0.25) is 9.59 Å². The molecule has 0 aliphatic heterocycles. The molecule has 4 N–H and O–H groups in total. The van der Waals surface area contributed by atoms with Gasteiger partial charge in [-0.15, -0.1) is 0 Å². The van der Waals surface area contributed by atoms with Crippen molar-refractivity contribution in [1.82, 2.24) is 14.9 Å². The maximum atomic E-state index is 13.0. The average Bonchev–Trinajstić information content (AvgIpc) is 3.27. The summed E-state index contributed by atoms with van der Waals surface area (Å²) in [7, 11) is 1.52. The number of nitrogens with zero attached hydrogens (tertiary/aromatic N) is 2. The quantitative estimate of drug-likeness (QED) is 0.414. The molecule has 0 saturated heterocycles. The number of hydrogen-bond acceptors (Lipinski definition) is 7. The van der Waals surface area contributed by atoms with Crippen LogP contribution in [-0.4, -0.2) is 58.0 Å². The number of benzene rings is 1. The predicted molar refractivity (Wildman–Crippen MR) is 133 cm³/mol. The molecule has 2 amide bonds. The van der Waals surface area contributed by atoms with Crippen LogP contribution in [0.1, 0.15) is 60.2 Å². The first kappa shape index (κ1) is 25.3. The van der Waals surface area contributed by atoms with Gasteiger partial charge in [0.25, 0.3) is 11.8 Å². The lowest BCUT2D eigenvalue weighted by atomic mass is 9.92. The molecule has 0 radical (unpaired) electrons. The number of primary amides is 1. The van der Waals surface area contributed by atoms with Crippen LogP contribution in [0.5, 0.6) is 17.2 Å². The number of carbonyl (C=O) groups is 2. The topological polar surface area (TPSA) is 137 Å². The maximum Gasteiger partial charge on any atom is 0.255 e. The molecule has 1 aliphatic carbocycles. The van der Waals surface area contributed by atoms with Crippen molar-refractivity contribution in [2.75, 3.05) is 13.7 Å². The van der Waals surface area contributed by atoms with E-state index in [1.807, 2.05) is 0 Å². The predicted octanol–water partition coefficient (Wildman–Crippen LogP) is 2.71. The number of nitrogens with one attached hydrogen (secondary N) is 1. The van der Waals surface area contributed by atoms with Crippen molar-refractivity contribution in [1.29, 1.82) is 0 Å². The van der Waals surface area contributed by atoms with Gasteiger partial charge in [0.05, 0.1) is 47.9 Å². The van der Waals surface area contributed by atoms with Gasteiger partial charge in [-0.25, -0.2) is 4.52 Å². The van der Waals surface area contributed by atoms with E-state index < -0.39 is 11.5 Å². The van der Waals surface area contributed by atoms with E-state index in [0.29, 0.717) is 41.2 Å². The second-order valence-corrected chi connectivity index (χ2v) is 9.62. The molecular formula is C26H32N4O6. The molecule has 2 heterocycles. The Morgan fingerprint density at radius 3 is 2.58 bits per heavy atom. The van der Waals surface area contributed by atoms with E-state index in [9.17, 15) is 14.7 Å². The highest BCUT2D eigenvalue weighted by molar-refractivity contribution is 6.00. The number of aromatic nitrogens is 2. The van der Waals surface area contributed by atoms with Crippen LogP contribution in [0.2, 0.25) is 0 Å². The van der Waals surface area contributed by atoms with Crippen LogP contribution in [0.15, 0.2) is 42.7 Å². The molecule has 36 heavy (non-hydrogen) atoms. The van der Waals surface area contributed by atoms with Crippen molar-refractivity contribution >= 4 is 17.3 Å². The van der Waals surface area contributed by atoms with Gasteiger partial charge in [-0.1, -0.05) is 6.07 Å². The van der Waals surface area contributed by atoms with Gasteiger partial charge in [0.15, 0.2) is 11.5 Å². The van der Waals surface area contributed by atoms with Gasteiger partial charge < -0.3 is 30.4 Å². The molecule has 1 aromatic carbocycles. The fourth-order valence-corrected chi connectivity index (χ4v) is 4.23. The molecular weight excluding hydrogens is 464 g/mol. The Morgan fingerprint density at radius 2 is 1.92 bits per heavy atom. The van der Waals surface area contributed by atoms with Gasteiger partial charge in [0.1, 0.15) is 12.4 Å². The van der Waals surface area contributed by atoms with E-state index >= 15 is 0 Å². The number of carbonyl (C=O) groups excluding carboxylic acids is 2. The molecule has 2 aromatic heterocycles. The van der Waals surface area contributed by atoms with Crippen molar-refractivity contribution in [2.24, 2.45) is 5.73 Å². The Labute approximate surface area is 209 Å². The summed E-state index contributed by atoms with van der Waals surface area (Å²) >= 11 is 0. The minimum absolute atomic E-state index is 0.00466. The number of hydrogen-bond donors (Lipinski definition) is 3. The first-order valence-electron chi connectivity index (χ1n) is 11.9. The molecule has 0 bridgehead atoms. The first-order chi connectivity index (χ1) is 17.1. The summed E-state index contributed by atoms with van der Waals surface area (Å²) in [6, 6.07) is 8.56. The number of ether oxygens (including phenoxy) is 3. The minimum Gasteiger partial charge on any atom is -0.493 e. The summed E-state index contributed by atoms with van der Waals surface area (Å²) in [5.74, 6) is 0.600. The van der Waals surface area contributed by atoms with E-state index in [-0.39, 0.29) is 30.2 Å². The zero-order valence-corrected chi connectivity index (χ0v) is 20.7. The summed E-state index contributed by atoms with van der Waals surface area (Å²) < 4.78 is 18.7. The van der Waals surface area contributed by atoms with Crippen molar-refractivity contribution in [3.8, 4) is 17.2 Å². The highest BCUT2D eigenvalue weighted by atomic mass is 16.5. The second-order valence-electron chi connectivity index (χ2n) is 9.62. The largest absolute Gasteiger partial charge is 0.493 e. The number of aliphatic hydroxyl groups is 1. The Bertz CT molecular complexity index is 1240. The van der Waals surface area contributed by atoms with E-state index in [0.717, 1.165) is 12.8 Å². The summed E-state index contributed by atoms with van der Waals surface area (Å²) in [4.78, 5) is 24.8. The van der Waals surface area contributed by atoms with Crippen LogP contribution in [0.3, 0.4) is 0 Å². The Kier molecular flexibility index (Phi) is 7.35. The molecule has 0 unspecified atom stereocenters. The molecule has 10 heteroatoms. The second kappa shape index (κ2) is 10.4. The van der Waals surface area contributed by atoms with E-state index in [4.69, 9.17) is 19.9 Å². The molecule has 192 valence electrons. The van der Waals surface area contributed by atoms with Crippen LogP contribution in [0.25, 0.3) is 5.52 Å². The highest BCUT2D eigenvalue weighted by Crippen LogP contribution is 2.34. The third-order valence-corrected chi connectivity index (χ3v) is 6.08. The third-order valence-electron chi connectivity index (χ3n) is 6.08. The van der Waals surface area contributed by atoms with Gasteiger partial charge in [-0.05, 0) is 63.8 Å². The fraction of sp³-hybridized carbons (Fsp3) is 0.423. The lowest BCUT2D eigenvalue weighted by molar-refractivity contribution is 0.0283. The van der Waals surface area contributed by atoms with Crippen molar-refractivity contribution < 1.29 is 28.9 Å².